The van der Waals surface area contributed by atoms with Gasteiger partial charge in [0.05, 0.1) is 24.3 Å². The lowest BCUT2D eigenvalue weighted by Gasteiger charge is -2.36. The van der Waals surface area contributed by atoms with Gasteiger partial charge in [0.25, 0.3) is 0 Å². The molecule has 0 bridgehead atoms. The van der Waals surface area contributed by atoms with E-state index in [2.05, 4.69) is 45.2 Å². The number of halogens is 2. The molecule has 128 valence electrons. The molecule has 6 heteroatoms. The molecule has 0 spiro atoms. The van der Waals surface area contributed by atoms with Crippen LogP contribution in [0.5, 0.6) is 0 Å². The molecule has 4 rings (SSSR count). The second-order valence-electron chi connectivity index (χ2n) is 5.91. The third kappa shape index (κ3) is 3.48. The van der Waals surface area contributed by atoms with Crippen molar-refractivity contribution in [1.82, 2.24) is 14.5 Å². The van der Waals surface area contributed by atoms with Crippen LogP contribution in [0.4, 0.5) is 0 Å². The number of hydrogen-bond acceptors (Lipinski definition) is 2. The number of fused-ring (bicyclic) bond motifs is 1. The van der Waals surface area contributed by atoms with E-state index in [0.717, 1.165) is 21.3 Å². The molecule has 1 aromatic heterocycles. The Morgan fingerprint density at radius 2 is 1.80 bits per heavy atom. The predicted octanol–water partition coefficient (Wildman–Crippen LogP) is 4.20. The minimum Gasteiger partial charge on any atom is -0.324 e. The van der Waals surface area contributed by atoms with Gasteiger partial charge in [-0.3, -0.25) is 4.79 Å². The molecule has 0 fully saturated rings. The maximum Gasteiger partial charge on any atom is 0.243 e. The lowest BCUT2D eigenvalue weighted by atomic mass is 9.99. The molecule has 2 heterocycles. The summed E-state index contributed by atoms with van der Waals surface area (Å²) in [5.41, 5.74) is 3.26. The number of hydrogen-bond donors (Lipinski definition) is 0. The van der Waals surface area contributed by atoms with Gasteiger partial charge in [0, 0.05) is 11.0 Å². The standard InChI is InChI=1S/C19H16BrN3O.ClH/c20-16-8-6-15(7-9-16)19-17-10-21-13-22(17)12-18(24)23(19)11-14-4-2-1-3-5-14;/h1-10,13,19H,11-12H2;1H/t19-;/m0./s1. The zero-order valence-corrected chi connectivity index (χ0v) is 15.8. The number of carbonyl (C=O) groups excluding carboxylic acids is 1. The second-order valence-corrected chi connectivity index (χ2v) is 6.82. The van der Waals surface area contributed by atoms with Crippen molar-refractivity contribution in [2.45, 2.75) is 19.1 Å². The monoisotopic (exact) mass is 417 g/mol. The van der Waals surface area contributed by atoms with Crippen molar-refractivity contribution in [3.63, 3.8) is 0 Å². The van der Waals surface area contributed by atoms with Crippen molar-refractivity contribution in [2.75, 3.05) is 0 Å². The third-order valence-corrected chi connectivity index (χ3v) is 4.87. The van der Waals surface area contributed by atoms with Crippen LogP contribution < -0.4 is 0 Å². The van der Waals surface area contributed by atoms with Gasteiger partial charge in [0.15, 0.2) is 0 Å². The molecular formula is C19H17BrClN3O. The van der Waals surface area contributed by atoms with E-state index in [-0.39, 0.29) is 24.4 Å². The van der Waals surface area contributed by atoms with Gasteiger partial charge in [-0.25, -0.2) is 4.98 Å². The van der Waals surface area contributed by atoms with Crippen molar-refractivity contribution in [1.29, 1.82) is 0 Å². The maximum atomic E-state index is 12.8. The first-order valence-electron chi connectivity index (χ1n) is 7.81. The van der Waals surface area contributed by atoms with Crippen molar-refractivity contribution in [3.8, 4) is 0 Å². The summed E-state index contributed by atoms with van der Waals surface area (Å²) in [4.78, 5) is 19.0. The van der Waals surface area contributed by atoms with Gasteiger partial charge in [-0.05, 0) is 23.3 Å². The van der Waals surface area contributed by atoms with Gasteiger partial charge in [0.2, 0.25) is 5.91 Å². The Morgan fingerprint density at radius 1 is 1.08 bits per heavy atom. The number of imidazole rings is 1. The van der Waals surface area contributed by atoms with Crippen LogP contribution in [0.15, 0.2) is 71.6 Å². The molecule has 0 N–H and O–H groups in total. The summed E-state index contributed by atoms with van der Waals surface area (Å²) >= 11 is 3.48. The predicted molar refractivity (Wildman–Crippen MR) is 102 cm³/mol. The Kier molecular flexibility index (Phi) is 5.25. The number of benzene rings is 2. The molecule has 25 heavy (non-hydrogen) atoms. The highest BCUT2D eigenvalue weighted by molar-refractivity contribution is 9.10. The molecule has 4 nitrogen and oxygen atoms in total. The first-order valence-corrected chi connectivity index (χ1v) is 8.60. The third-order valence-electron chi connectivity index (χ3n) is 4.34. The molecule has 0 aliphatic carbocycles. The van der Waals surface area contributed by atoms with Crippen molar-refractivity contribution >= 4 is 34.2 Å². The number of carbonyl (C=O) groups is 1. The van der Waals surface area contributed by atoms with Crippen molar-refractivity contribution in [3.05, 3.63) is 88.4 Å². The van der Waals surface area contributed by atoms with E-state index >= 15 is 0 Å². The van der Waals surface area contributed by atoms with Gasteiger partial charge >= 0.3 is 0 Å². The number of rotatable bonds is 3. The van der Waals surface area contributed by atoms with Gasteiger partial charge in [-0.1, -0.05) is 58.4 Å². The zero-order valence-electron chi connectivity index (χ0n) is 13.4. The average Bonchev–Trinajstić information content (AvgIpc) is 3.05. The molecule has 1 aliphatic rings. The smallest absolute Gasteiger partial charge is 0.243 e. The summed E-state index contributed by atoms with van der Waals surface area (Å²) in [6.07, 6.45) is 3.59. The van der Waals surface area contributed by atoms with Crippen LogP contribution >= 0.6 is 28.3 Å². The maximum absolute atomic E-state index is 12.8. The minimum atomic E-state index is -0.123. The van der Waals surface area contributed by atoms with Crippen LogP contribution in [0.1, 0.15) is 22.9 Å². The lowest BCUT2D eigenvalue weighted by molar-refractivity contribution is -0.136. The lowest BCUT2D eigenvalue weighted by Crippen LogP contribution is -2.42. The number of amides is 1. The highest BCUT2D eigenvalue weighted by Crippen LogP contribution is 2.34. The van der Waals surface area contributed by atoms with Gasteiger partial charge in [-0.2, -0.15) is 0 Å². The number of aromatic nitrogens is 2. The molecule has 1 aliphatic heterocycles. The fourth-order valence-corrected chi connectivity index (χ4v) is 3.45. The summed E-state index contributed by atoms with van der Waals surface area (Å²) in [6.45, 7) is 0.931. The Hall–Kier alpha value is -2.11. The Morgan fingerprint density at radius 3 is 2.52 bits per heavy atom. The minimum absolute atomic E-state index is 0. The molecule has 0 radical (unpaired) electrons. The van der Waals surface area contributed by atoms with Crippen molar-refractivity contribution in [2.24, 2.45) is 0 Å². The van der Waals surface area contributed by atoms with Gasteiger partial charge < -0.3 is 9.47 Å². The SMILES string of the molecule is Cl.O=C1Cn2cncc2[C@H](c2ccc(Br)cc2)N1Cc1ccccc1. The highest BCUT2D eigenvalue weighted by atomic mass is 79.9. The molecule has 0 saturated heterocycles. The fraction of sp³-hybridized carbons (Fsp3) is 0.158. The molecule has 1 atom stereocenters. The van der Waals surface area contributed by atoms with Crippen LogP contribution in [-0.4, -0.2) is 20.4 Å². The van der Waals surface area contributed by atoms with Crippen LogP contribution in [0.2, 0.25) is 0 Å². The quantitative estimate of drug-likeness (QED) is 0.639. The topological polar surface area (TPSA) is 38.1 Å². The summed E-state index contributed by atoms with van der Waals surface area (Å²) in [7, 11) is 0. The van der Waals surface area contributed by atoms with E-state index in [9.17, 15) is 4.79 Å². The van der Waals surface area contributed by atoms with Crippen LogP contribution in [-0.2, 0) is 17.9 Å². The molecule has 1 amide bonds. The molecule has 0 unspecified atom stereocenters. The first-order chi connectivity index (χ1) is 11.7. The summed E-state index contributed by atoms with van der Waals surface area (Å²) in [5.74, 6) is 0.109. The first kappa shape index (κ1) is 17.7. The molecular weight excluding hydrogens is 402 g/mol. The van der Waals surface area contributed by atoms with Crippen LogP contribution in [0.3, 0.4) is 0 Å². The number of nitrogens with zero attached hydrogens (tertiary/aromatic N) is 3. The normalized spacial score (nSPS) is 16.3. The Labute approximate surface area is 161 Å². The van der Waals surface area contributed by atoms with Crippen LogP contribution in [0.25, 0.3) is 0 Å². The summed E-state index contributed by atoms with van der Waals surface area (Å²) in [5, 5.41) is 0. The van der Waals surface area contributed by atoms with Crippen molar-refractivity contribution < 1.29 is 4.79 Å². The van der Waals surface area contributed by atoms with Gasteiger partial charge in [0.1, 0.15) is 6.54 Å². The molecule has 3 aromatic rings. The van der Waals surface area contributed by atoms with E-state index in [1.165, 1.54) is 0 Å². The highest BCUT2D eigenvalue weighted by Gasteiger charge is 2.33. The summed E-state index contributed by atoms with van der Waals surface area (Å²) in [6, 6.07) is 18.1. The van der Waals surface area contributed by atoms with Gasteiger partial charge in [-0.15, -0.1) is 12.4 Å². The van der Waals surface area contributed by atoms with E-state index in [0.29, 0.717) is 13.1 Å². The fourth-order valence-electron chi connectivity index (χ4n) is 3.19. The average molecular weight is 419 g/mol. The van der Waals surface area contributed by atoms with E-state index < -0.39 is 0 Å². The van der Waals surface area contributed by atoms with E-state index in [1.54, 1.807) is 6.33 Å². The van der Waals surface area contributed by atoms with E-state index in [1.807, 2.05) is 46.0 Å². The molecule has 0 saturated carbocycles. The Balaban J connectivity index is 0.00000182. The summed E-state index contributed by atoms with van der Waals surface area (Å²) < 4.78 is 2.97. The van der Waals surface area contributed by atoms with Crippen LogP contribution in [0, 0.1) is 0 Å². The van der Waals surface area contributed by atoms with E-state index in [4.69, 9.17) is 0 Å². The largest absolute Gasteiger partial charge is 0.324 e. The molecule has 2 aromatic carbocycles. The zero-order chi connectivity index (χ0) is 16.5. The second kappa shape index (κ2) is 7.42. The Bertz CT molecular complexity index is 864.